The molecule has 7 aromatic carbocycles. The second-order valence-electron chi connectivity index (χ2n) is 15.0. The number of aromatic nitrogens is 1. The molecule has 10 rings (SSSR count). The van der Waals surface area contributed by atoms with E-state index >= 15 is 0 Å². The lowest BCUT2D eigenvalue weighted by Gasteiger charge is -2.28. The zero-order chi connectivity index (χ0) is 36.9. The molecule has 2 aromatic heterocycles. The lowest BCUT2D eigenvalue weighted by atomic mass is 9.82. The van der Waals surface area contributed by atoms with Gasteiger partial charge in [0.15, 0.2) is 0 Å². The number of nitrogens with zero attached hydrogens (tertiary/aromatic N) is 2. The summed E-state index contributed by atoms with van der Waals surface area (Å²) in [4.78, 5) is 2.40. The van der Waals surface area contributed by atoms with E-state index in [1.807, 2.05) is 0 Å². The van der Waals surface area contributed by atoms with Crippen LogP contribution in [0.3, 0.4) is 0 Å². The molecular formula is C53H40N2. The Hall–Kier alpha value is -6.90. The van der Waals surface area contributed by atoms with Crippen molar-refractivity contribution in [3.8, 4) is 55.8 Å². The number of anilines is 3. The largest absolute Gasteiger partial charge is 0.315 e. The summed E-state index contributed by atoms with van der Waals surface area (Å²) in [5, 5.41) is 0. The van der Waals surface area contributed by atoms with Gasteiger partial charge in [-0.3, -0.25) is 0 Å². The Morgan fingerprint density at radius 1 is 0.382 bits per heavy atom. The molecule has 0 N–H and O–H groups in total. The van der Waals surface area contributed by atoms with Crippen LogP contribution in [0.2, 0.25) is 0 Å². The van der Waals surface area contributed by atoms with Crippen LogP contribution in [0.25, 0.3) is 61.3 Å². The van der Waals surface area contributed by atoms with Crippen molar-refractivity contribution in [1.82, 2.24) is 4.40 Å². The number of rotatable bonds is 7. The van der Waals surface area contributed by atoms with Crippen molar-refractivity contribution >= 4 is 22.6 Å². The minimum atomic E-state index is -0.102. The van der Waals surface area contributed by atoms with Gasteiger partial charge >= 0.3 is 0 Å². The van der Waals surface area contributed by atoms with Crippen molar-refractivity contribution in [3.63, 3.8) is 0 Å². The van der Waals surface area contributed by atoms with Crippen LogP contribution in [-0.4, -0.2) is 4.40 Å². The van der Waals surface area contributed by atoms with Crippen LogP contribution in [0, 0.1) is 0 Å². The minimum absolute atomic E-state index is 0.102. The fraction of sp³-hybridized carbons (Fsp3) is 0.0566. The smallest absolute Gasteiger partial charge is 0.0613 e. The standard InChI is InChI=1S/C53H40N2/c1-53(2)47-23-13-12-22-45(47)46-34-33-44(36-48(46)53)55(42-29-25-38(26-30-42)37-16-6-3-7-17-37)43-31-27-41(28-32-43)52-51(40-20-10-5-11-21-40)50(39-18-8-4-9-19-39)49-24-14-15-35-54(49)52/h3-36H,1-2H3. The molecule has 0 fully saturated rings. The first-order valence-electron chi connectivity index (χ1n) is 19.1. The van der Waals surface area contributed by atoms with E-state index < -0.39 is 0 Å². The molecule has 0 saturated heterocycles. The van der Waals surface area contributed by atoms with Gasteiger partial charge < -0.3 is 9.30 Å². The topological polar surface area (TPSA) is 7.65 Å². The summed E-state index contributed by atoms with van der Waals surface area (Å²) in [6, 6.07) is 72.8. The molecule has 0 saturated carbocycles. The molecule has 0 aliphatic heterocycles. The van der Waals surface area contributed by atoms with Gasteiger partial charge in [0.05, 0.1) is 11.2 Å². The van der Waals surface area contributed by atoms with Gasteiger partial charge in [0, 0.05) is 39.8 Å². The fourth-order valence-corrected chi connectivity index (χ4v) is 8.76. The van der Waals surface area contributed by atoms with E-state index in [-0.39, 0.29) is 5.41 Å². The quantitative estimate of drug-likeness (QED) is 0.160. The first-order valence-corrected chi connectivity index (χ1v) is 19.1. The van der Waals surface area contributed by atoms with E-state index in [1.165, 1.54) is 66.8 Å². The lowest BCUT2D eigenvalue weighted by molar-refractivity contribution is 0.660. The number of fused-ring (bicyclic) bond motifs is 4. The van der Waals surface area contributed by atoms with E-state index in [9.17, 15) is 0 Å². The number of pyridine rings is 1. The summed E-state index contributed by atoms with van der Waals surface area (Å²) in [5.74, 6) is 0. The average molecular weight is 705 g/mol. The molecule has 0 atom stereocenters. The lowest BCUT2D eigenvalue weighted by Crippen LogP contribution is -2.16. The molecular weight excluding hydrogens is 665 g/mol. The predicted octanol–water partition coefficient (Wildman–Crippen LogP) is 14.4. The maximum atomic E-state index is 2.41. The van der Waals surface area contributed by atoms with E-state index in [0.717, 1.165) is 22.6 Å². The molecule has 55 heavy (non-hydrogen) atoms. The fourth-order valence-electron chi connectivity index (χ4n) is 8.76. The third kappa shape index (κ3) is 5.49. The molecule has 2 heterocycles. The highest BCUT2D eigenvalue weighted by Crippen LogP contribution is 2.51. The number of hydrogen-bond donors (Lipinski definition) is 0. The van der Waals surface area contributed by atoms with Crippen molar-refractivity contribution in [2.45, 2.75) is 19.3 Å². The van der Waals surface area contributed by atoms with Crippen molar-refractivity contribution in [1.29, 1.82) is 0 Å². The summed E-state index contributed by atoms with van der Waals surface area (Å²) in [6.45, 7) is 4.70. The van der Waals surface area contributed by atoms with Gasteiger partial charge in [-0.25, -0.2) is 0 Å². The van der Waals surface area contributed by atoms with Gasteiger partial charge in [0.1, 0.15) is 0 Å². The van der Waals surface area contributed by atoms with Crippen LogP contribution >= 0.6 is 0 Å². The molecule has 1 aliphatic carbocycles. The predicted molar refractivity (Wildman–Crippen MR) is 231 cm³/mol. The van der Waals surface area contributed by atoms with Crippen molar-refractivity contribution in [3.05, 3.63) is 218 Å². The summed E-state index contributed by atoms with van der Waals surface area (Å²) in [6.07, 6.45) is 2.20. The Balaban J connectivity index is 1.14. The highest BCUT2D eigenvalue weighted by Gasteiger charge is 2.35. The first-order chi connectivity index (χ1) is 27.1. The Bertz CT molecular complexity index is 2800. The molecule has 2 heteroatoms. The van der Waals surface area contributed by atoms with Gasteiger partial charge in [-0.05, 0) is 98.6 Å². The first kappa shape index (κ1) is 32.7. The molecule has 1 aliphatic rings. The van der Waals surface area contributed by atoms with Gasteiger partial charge in [-0.15, -0.1) is 0 Å². The van der Waals surface area contributed by atoms with Crippen LogP contribution in [0.1, 0.15) is 25.0 Å². The van der Waals surface area contributed by atoms with Gasteiger partial charge in [-0.1, -0.05) is 166 Å². The third-order valence-electron chi connectivity index (χ3n) is 11.4. The zero-order valence-corrected chi connectivity index (χ0v) is 31.0. The summed E-state index contributed by atoms with van der Waals surface area (Å²) in [5.41, 5.74) is 19.5. The SMILES string of the molecule is CC1(C)c2ccccc2-c2ccc(N(c3ccc(-c4ccccc4)cc3)c3ccc(-c4c(-c5ccccc5)c(-c5ccccc5)c5ccccn45)cc3)cc21. The number of benzene rings is 7. The van der Waals surface area contributed by atoms with Gasteiger partial charge in [-0.2, -0.15) is 0 Å². The molecule has 0 unspecified atom stereocenters. The Morgan fingerprint density at radius 2 is 0.873 bits per heavy atom. The van der Waals surface area contributed by atoms with Gasteiger partial charge in [0.25, 0.3) is 0 Å². The van der Waals surface area contributed by atoms with Crippen molar-refractivity contribution in [2.24, 2.45) is 0 Å². The van der Waals surface area contributed by atoms with E-state index in [0.29, 0.717) is 0 Å². The van der Waals surface area contributed by atoms with E-state index in [2.05, 4.69) is 230 Å². The molecule has 9 aromatic rings. The van der Waals surface area contributed by atoms with Crippen molar-refractivity contribution < 1.29 is 0 Å². The summed E-state index contributed by atoms with van der Waals surface area (Å²) >= 11 is 0. The second kappa shape index (κ2) is 13.2. The maximum absolute atomic E-state index is 2.41. The van der Waals surface area contributed by atoms with E-state index in [4.69, 9.17) is 0 Å². The average Bonchev–Trinajstić information content (AvgIpc) is 3.71. The van der Waals surface area contributed by atoms with Gasteiger partial charge in [0.2, 0.25) is 0 Å². The number of hydrogen-bond acceptors (Lipinski definition) is 1. The Labute approximate surface area is 323 Å². The maximum Gasteiger partial charge on any atom is 0.0613 e. The second-order valence-corrected chi connectivity index (χ2v) is 15.0. The molecule has 0 radical (unpaired) electrons. The van der Waals surface area contributed by atoms with Crippen LogP contribution in [0.4, 0.5) is 17.1 Å². The monoisotopic (exact) mass is 704 g/mol. The van der Waals surface area contributed by atoms with Crippen LogP contribution < -0.4 is 4.90 Å². The molecule has 0 bridgehead atoms. The molecule has 0 spiro atoms. The van der Waals surface area contributed by atoms with E-state index in [1.54, 1.807) is 0 Å². The summed E-state index contributed by atoms with van der Waals surface area (Å²) < 4.78 is 2.36. The Morgan fingerprint density at radius 3 is 1.53 bits per heavy atom. The minimum Gasteiger partial charge on any atom is -0.315 e. The zero-order valence-electron chi connectivity index (χ0n) is 31.0. The van der Waals surface area contributed by atoms with Crippen molar-refractivity contribution in [2.75, 3.05) is 4.90 Å². The Kier molecular flexibility index (Phi) is 7.85. The third-order valence-corrected chi connectivity index (χ3v) is 11.4. The highest BCUT2D eigenvalue weighted by molar-refractivity contribution is 6.03. The molecule has 0 amide bonds. The van der Waals surface area contributed by atoms with Crippen LogP contribution in [0.5, 0.6) is 0 Å². The summed E-state index contributed by atoms with van der Waals surface area (Å²) in [7, 11) is 0. The molecule has 2 nitrogen and oxygen atoms in total. The molecule has 262 valence electrons. The highest BCUT2D eigenvalue weighted by atomic mass is 15.1. The van der Waals surface area contributed by atoms with Crippen LogP contribution in [-0.2, 0) is 5.41 Å². The normalized spacial score (nSPS) is 12.7. The van der Waals surface area contributed by atoms with Crippen LogP contribution in [0.15, 0.2) is 206 Å².